The minimum Gasteiger partial charge on any atom is -0.461 e. The first-order valence-corrected chi connectivity index (χ1v) is 7.08. The number of nitrogens with zero attached hydrogens (tertiary/aromatic N) is 3. The summed E-state index contributed by atoms with van der Waals surface area (Å²) < 4.78 is 4.96. The van der Waals surface area contributed by atoms with Crippen molar-refractivity contribution in [2.24, 2.45) is 0 Å². The first-order valence-electron chi connectivity index (χ1n) is 6.27. The van der Waals surface area contributed by atoms with Gasteiger partial charge in [0.15, 0.2) is 10.8 Å². The van der Waals surface area contributed by atoms with Gasteiger partial charge < -0.3 is 10.1 Å². The van der Waals surface area contributed by atoms with E-state index < -0.39 is 0 Å². The quantitative estimate of drug-likeness (QED) is 0.852. The van der Waals surface area contributed by atoms with E-state index in [2.05, 4.69) is 20.3 Å². The van der Waals surface area contributed by atoms with Crippen molar-refractivity contribution in [3.8, 4) is 0 Å². The van der Waals surface area contributed by atoms with Gasteiger partial charge in [0.1, 0.15) is 5.82 Å². The number of nitrogens with one attached hydrogen (secondary N) is 1. The number of aromatic nitrogens is 3. The minimum atomic E-state index is -0.382. The number of rotatable bonds is 5. The number of ether oxygens (including phenoxy) is 1. The largest absolute Gasteiger partial charge is 0.461 e. The molecule has 0 saturated carbocycles. The van der Waals surface area contributed by atoms with E-state index in [4.69, 9.17) is 4.74 Å². The zero-order chi connectivity index (χ0) is 14.5. The summed E-state index contributed by atoms with van der Waals surface area (Å²) in [6.45, 7) is 6.35. The van der Waals surface area contributed by atoms with Crippen LogP contribution in [0.4, 0.5) is 5.13 Å². The van der Waals surface area contributed by atoms with Crippen LogP contribution in [0.15, 0.2) is 12.3 Å². The second kappa shape index (κ2) is 6.42. The van der Waals surface area contributed by atoms with Crippen LogP contribution in [-0.4, -0.2) is 27.5 Å². The molecular weight excluding hydrogens is 276 g/mol. The lowest BCUT2D eigenvalue weighted by Crippen LogP contribution is -2.07. The van der Waals surface area contributed by atoms with Gasteiger partial charge in [0.25, 0.3) is 0 Å². The van der Waals surface area contributed by atoms with Crippen molar-refractivity contribution in [1.82, 2.24) is 15.0 Å². The van der Waals surface area contributed by atoms with Crippen LogP contribution in [0.25, 0.3) is 0 Å². The molecular formula is C13H16N4O2S. The third-order valence-electron chi connectivity index (χ3n) is 2.52. The third kappa shape index (κ3) is 3.51. The minimum absolute atomic E-state index is 0.346. The van der Waals surface area contributed by atoms with Gasteiger partial charge in [-0.3, -0.25) is 0 Å². The topological polar surface area (TPSA) is 77.0 Å². The standard InChI is InChI=1S/C13H16N4O2S/c1-4-19-12(18)11-8(2)20-13(17-11)15-7-10-5-6-14-9(3)16-10/h5-6H,4,7H2,1-3H3,(H,15,17). The summed E-state index contributed by atoms with van der Waals surface area (Å²) in [5, 5.41) is 3.84. The van der Waals surface area contributed by atoms with Crippen LogP contribution in [0.5, 0.6) is 0 Å². The Labute approximate surface area is 121 Å². The van der Waals surface area contributed by atoms with Crippen LogP contribution in [0.2, 0.25) is 0 Å². The van der Waals surface area contributed by atoms with Crippen LogP contribution in [0.1, 0.15) is 33.8 Å². The molecule has 2 aromatic rings. The monoisotopic (exact) mass is 292 g/mol. The molecule has 6 nitrogen and oxygen atoms in total. The van der Waals surface area contributed by atoms with Gasteiger partial charge in [-0.1, -0.05) is 0 Å². The molecule has 20 heavy (non-hydrogen) atoms. The number of carbonyl (C=O) groups is 1. The van der Waals surface area contributed by atoms with Gasteiger partial charge in [0.2, 0.25) is 0 Å². The molecule has 0 fully saturated rings. The van der Waals surface area contributed by atoms with Crippen LogP contribution in [-0.2, 0) is 11.3 Å². The van der Waals surface area contributed by atoms with Crippen LogP contribution in [0.3, 0.4) is 0 Å². The Bertz CT molecular complexity index is 612. The summed E-state index contributed by atoms with van der Waals surface area (Å²) in [7, 11) is 0. The fourth-order valence-electron chi connectivity index (χ4n) is 1.63. The van der Waals surface area contributed by atoms with Gasteiger partial charge in [-0.15, -0.1) is 11.3 Å². The highest BCUT2D eigenvalue weighted by Gasteiger charge is 2.16. The van der Waals surface area contributed by atoms with Gasteiger partial charge in [0, 0.05) is 11.1 Å². The Morgan fingerprint density at radius 1 is 1.40 bits per heavy atom. The third-order valence-corrected chi connectivity index (χ3v) is 3.45. The van der Waals surface area contributed by atoms with E-state index in [0.29, 0.717) is 24.0 Å². The lowest BCUT2D eigenvalue weighted by molar-refractivity contribution is 0.0519. The summed E-state index contributed by atoms with van der Waals surface area (Å²) in [6, 6.07) is 1.84. The molecule has 0 aliphatic heterocycles. The molecule has 0 aliphatic rings. The number of aryl methyl sites for hydroxylation is 2. The van der Waals surface area contributed by atoms with E-state index >= 15 is 0 Å². The Hall–Kier alpha value is -2.02. The predicted molar refractivity (Wildman–Crippen MR) is 76.9 cm³/mol. The molecule has 2 heterocycles. The smallest absolute Gasteiger partial charge is 0.358 e. The summed E-state index contributed by atoms with van der Waals surface area (Å²) in [4.78, 5) is 25.1. The van der Waals surface area contributed by atoms with Crippen LogP contribution >= 0.6 is 11.3 Å². The molecule has 2 rings (SSSR count). The van der Waals surface area contributed by atoms with Crippen molar-refractivity contribution in [1.29, 1.82) is 0 Å². The normalized spacial score (nSPS) is 10.3. The first kappa shape index (κ1) is 14.4. The van der Waals surface area contributed by atoms with Gasteiger partial charge in [-0.25, -0.2) is 19.7 Å². The highest BCUT2D eigenvalue weighted by atomic mass is 32.1. The Morgan fingerprint density at radius 3 is 2.90 bits per heavy atom. The molecule has 2 aromatic heterocycles. The van der Waals surface area contributed by atoms with Crippen LogP contribution in [0, 0.1) is 13.8 Å². The molecule has 0 aliphatic carbocycles. The van der Waals surface area contributed by atoms with Crippen molar-refractivity contribution in [2.45, 2.75) is 27.3 Å². The van der Waals surface area contributed by atoms with Crippen molar-refractivity contribution >= 4 is 22.4 Å². The zero-order valence-electron chi connectivity index (χ0n) is 11.6. The molecule has 0 saturated heterocycles. The molecule has 0 spiro atoms. The molecule has 1 N–H and O–H groups in total. The predicted octanol–water partition coefficient (Wildman–Crippen LogP) is 2.34. The van der Waals surface area contributed by atoms with E-state index in [0.717, 1.165) is 16.4 Å². The Kier molecular flexibility index (Phi) is 4.62. The van der Waals surface area contributed by atoms with Crippen molar-refractivity contribution < 1.29 is 9.53 Å². The van der Waals surface area contributed by atoms with Crippen molar-refractivity contribution in [2.75, 3.05) is 11.9 Å². The summed E-state index contributed by atoms with van der Waals surface area (Å²) in [6.07, 6.45) is 1.72. The fourth-order valence-corrected chi connectivity index (χ4v) is 2.43. The molecule has 106 valence electrons. The van der Waals surface area contributed by atoms with Gasteiger partial charge in [-0.05, 0) is 26.8 Å². The molecule has 0 atom stereocenters. The molecule has 7 heteroatoms. The fraction of sp³-hybridized carbons (Fsp3) is 0.385. The SMILES string of the molecule is CCOC(=O)c1nc(NCc2ccnc(C)n2)sc1C. The number of hydrogen-bond donors (Lipinski definition) is 1. The lowest BCUT2D eigenvalue weighted by Gasteiger charge is -2.02. The van der Waals surface area contributed by atoms with Gasteiger partial charge >= 0.3 is 5.97 Å². The number of hydrogen-bond acceptors (Lipinski definition) is 7. The second-order valence-corrected chi connectivity index (χ2v) is 5.30. The Balaban J connectivity index is 2.04. The maximum Gasteiger partial charge on any atom is 0.358 e. The van der Waals surface area contributed by atoms with E-state index in [1.165, 1.54) is 11.3 Å². The van der Waals surface area contributed by atoms with Crippen LogP contribution < -0.4 is 5.32 Å². The highest BCUT2D eigenvalue weighted by Crippen LogP contribution is 2.23. The highest BCUT2D eigenvalue weighted by molar-refractivity contribution is 7.15. The number of anilines is 1. The zero-order valence-corrected chi connectivity index (χ0v) is 12.5. The summed E-state index contributed by atoms with van der Waals surface area (Å²) in [5.74, 6) is 0.346. The number of carbonyl (C=O) groups excluding carboxylic acids is 1. The van der Waals surface area contributed by atoms with Crippen molar-refractivity contribution in [3.63, 3.8) is 0 Å². The van der Waals surface area contributed by atoms with Crippen molar-refractivity contribution in [3.05, 3.63) is 34.4 Å². The Morgan fingerprint density at radius 2 is 2.20 bits per heavy atom. The molecule has 0 amide bonds. The van der Waals surface area contributed by atoms with E-state index in [1.54, 1.807) is 13.1 Å². The van der Waals surface area contributed by atoms with Gasteiger partial charge in [0.05, 0.1) is 18.8 Å². The molecule has 0 bridgehead atoms. The summed E-state index contributed by atoms with van der Waals surface area (Å²) >= 11 is 1.43. The molecule has 0 aromatic carbocycles. The van der Waals surface area contributed by atoms with E-state index in [1.807, 2.05) is 19.9 Å². The molecule has 0 unspecified atom stereocenters. The number of thiazole rings is 1. The summed E-state index contributed by atoms with van der Waals surface area (Å²) in [5.41, 5.74) is 1.25. The second-order valence-electron chi connectivity index (χ2n) is 4.09. The van der Waals surface area contributed by atoms with E-state index in [-0.39, 0.29) is 5.97 Å². The maximum absolute atomic E-state index is 11.7. The lowest BCUT2D eigenvalue weighted by atomic mass is 10.4. The molecule has 0 radical (unpaired) electrons. The maximum atomic E-state index is 11.7. The first-order chi connectivity index (χ1) is 9.60. The average molecular weight is 292 g/mol. The van der Waals surface area contributed by atoms with Gasteiger partial charge in [-0.2, -0.15) is 0 Å². The average Bonchev–Trinajstić information content (AvgIpc) is 2.78. The van der Waals surface area contributed by atoms with E-state index in [9.17, 15) is 4.79 Å². The number of esters is 1.